The number of benzene rings is 3. The molecule has 4 rings (SSSR count). The zero-order chi connectivity index (χ0) is 27.1. The minimum atomic E-state index is -0.127. The van der Waals surface area contributed by atoms with Crippen LogP contribution in [0, 0.1) is 5.92 Å². The van der Waals surface area contributed by atoms with Gasteiger partial charge < -0.3 is 4.74 Å². The van der Waals surface area contributed by atoms with E-state index < -0.39 is 0 Å². The predicted molar refractivity (Wildman–Crippen MR) is 164 cm³/mol. The van der Waals surface area contributed by atoms with E-state index in [2.05, 4.69) is 67.6 Å². The van der Waals surface area contributed by atoms with E-state index in [1.165, 1.54) is 92.9 Å². The van der Waals surface area contributed by atoms with Gasteiger partial charge in [0.05, 0.1) is 0 Å². The van der Waals surface area contributed by atoms with E-state index in [9.17, 15) is 4.79 Å². The second kappa shape index (κ2) is 16.3. The summed E-state index contributed by atoms with van der Waals surface area (Å²) in [6.45, 7) is 2.29. The van der Waals surface area contributed by atoms with Crippen LogP contribution in [0.5, 0.6) is 5.75 Å². The van der Waals surface area contributed by atoms with Crippen molar-refractivity contribution in [3.63, 3.8) is 0 Å². The van der Waals surface area contributed by atoms with Crippen molar-refractivity contribution in [1.82, 2.24) is 0 Å². The van der Waals surface area contributed by atoms with Crippen LogP contribution in [0.25, 0.3) is 11.1 Å². The first-order chi connectivity index (χ1) is 19.2. The van der Waals surface area contributed by atoms with Gasteiger partial charge in [0.2, 0.25) is 0 Å². The summed E-state index contributed by atoms with van der Waals surface area (Å²) in [5, 5.41) is 0. The van der Waals surface area contributed by atoms with E-state index in [4.69, 9.17) is 4.74 Å². The lowest BCUT2D eigenvalue weighted by molar-refractivity contribution is -0.134. The molecule has 0 unspecified atom stereocenters. The molecule has 2 heteroatoms. The number of hydrogen-bond donors (Lipinski definition) is 0. The van der Waals surface area contributed by atoms with Crippen LogP contribution in [0.4, 0.5) is 0 Å². The summed E-state index contributed by atoms with van der Waals surface area (Å²) in [5.41, 5.74) is 5.21. The van der Waals surface area contributed by atoms with Gasteiger partial charge in [-0.15, -0.1) is 0 Å². The fourth-order valence-electron chi connectivity index (χ4n) is 6.08. The summed E-state index contributed by atoms with van der Waals surface area (Å²) < 4.78 is 5.63. The molecule has 0 spiro atoms. The van der Waals surface area contributed by atoms with Crippen LogP contribution in [0.2, 0.25) is 0 Å². The SMILES string of the molecule is CCCCCCCCC1CCC(c2ccc(OC(=O)CCCCc3ccc(-c4ccccc4)cc3)cc2)CC1. The maximum atomic E-state index is 12.4. The lowest BCUT2D eigenvalue weighted by atomic mass is 9.77. The van der Waals surface area contributed by atoms with Gasteiger partial charge in [-0.3, -0.25) is 4.79 Å². The molecule has 208 valence electrons. The zero-order valence-corrected chi connectivity index (χ0v) is 24.1. The molecule has 1 saturated carbocycles. The van der Waals surface area contributed by atoms with Gasteiger partial charge in [0.25, 0.3) is 0 Å². The van der Waals surface area contributed by atoms with Crippen molar-refractivity contribution in [3.05, 3.63) is 90.0 Å². The number of rotatable bonds is 15. The molecule has 3 aromatic carbocycles. The third kappa shape index (κ3) is 9.99. The fraction of sp³-hybridized carbons (Fsp3) is 0.486. The number of esters is 1. The third-order valence-electron chi connectivity index (χ3n) is 8.55. The maximum absolute atomic E-state index is 12.4. The average molecular weight is 525 g/mol. The highest BCUT2D eigenvalue weighted by Crippen LogP contribution is 2.38. The molecule has 1 aliphatic rings. The summed E-state index contributed by atoms with van der Waals surface area (Å²) in [7, 11) is 0. The summed E-state index contributed by atoms with van der Waals surface area (Å²) in [6.07, 6.45) is 18.4. The summed E-state index contributed by atoms with van der Waals surface area (Å²) in [6, 6.07) is 27.6. The quantitative estimate of drug-likeness (QED) is 0.112. The number of carbonyl (C=O) groups is 1. The lowest BCUT2D eigenvalue weighted by Gasteiger charge is -2.29. The van der Waals surface area contributed by atoms with Gasteiger partial charge >= 0.3 is 5.97 Å². The molecule has 0 heterocycles. The number of carbonyl (C=O) groups excluding carboxylic acids is 1. The molecule has 0 aliphatic heterocycles. The largest absolute Gasteiger partial charge is 0.427 e. The molecule has 0 aromatic heterocycles. The molecule has 0 radical (unpaired) electrons. The number of unbranched alkanes of at least 4 members (excludes halogenated alkanes) is 6. The van der Waals surface area contributed by atoms with E-state index in [0.717, 1.165) is 25.2 Å². The van der Waals surface area contributed by atoms with E-state index in [0.29, 0.717) is 18.1 Å². The third-order valence-corrected chi connectivity index (χ3v) is 8.55. The molecule has 2 nitrogen and oxygen atoms in total. The summed E-state index contributed by atoms with van der Waals surface area (Å²) in [5.74, 6) is 2.15. The second-order valence-electron chi connectivity index (χ2n) is 11.6. The van der Waals surface area contributed by atoms with Crippen LogP contribution in [0.3, 0.4) is 0 Å². The molecule has 39 heavy (non-hydrogen) atoms. The van der Waals surface area contributed by atoms with E-state index in [1.807, 2.05) is 18.2 Å². The van der Waals surface area contributed by atoms with Crippen LogP contribution < -0.4 is 4.74 Å². The molecule has 0 bridgehead atoms. The first-order valence-corrected chi connectivity index (χ1v) is 15.7. The lowest BCUT2D eigenvalue weighted by Crippen LogP contribution is -2.13. The predicted octanol–water partition coefficient (Wildman–Crippen LogP) is 10.7. The van der Waals surface area contributed by atoms with Crippen LogP contribution in [0.1, 0.15) is 114 Å². The van der Waals surface area contributed by atoms with Crippen LogP contribution in [-0.4, -0.2) is 5.97 Å². The monoisotopic (exact) mass is 524 g/mol. The Labute approximate surface area is 237 Å². The first-order valence-electron chi connectivity index (χ1n) is 15.7. The van der Waals surface area contributed by atoms with Crippen LogP contribution in [0.15, 0.2) is 78.9 Å². The Morgan fingerprint density at radius 1 is 0.692 bits per heavy atom. The topological polar surface area (TPSA) is 26.3 Å². The molecular weight excluding hydrogens is 476 g/mol. The minimum absolute atomic E-state index is 0.127. The van der Waals surface area contributed by atoms with Crippen molar-refractivity contribution in [3.8, 4) is 16.9 Å². The Balaban J connectivity index is 1.09. The molecule has 0 saturated heterocycles. The smallest absolute Gasteiger partial charge is 0.311 e. The normalized spacial score (nSPS) is 17.2. The molecule has 1 aliphatic carbocycles. The molecule has 3 aromatic rings. The molecule has 1 fully saturated rings. The van der Waals surface area contributed by atoms with Crippen molar-refractivity contribution in [2.75, 3.05) is 0 Å². The summed E-state index contributed by atoms with van der Waals surface area (Å²) >= 11 is 0. The van der Waals surface area contributed by atoms with Gasteiger partial charge in [0.15, 0.2) is 0 Å². The van der Waals surface area contributed by atoms with Crippen LogP contribution in [-0.2, 0) is 11.2 Å². The van der Waals surface area contributed by atoms with Gasteiger partial charge in [-0.1, -0.05) is 119 Å². The Morgan fingerprint density at radius 2 is 1.36 bits per heavy atom. The van der Waals surface area contributed by atoms with Crippen molar-refractivity contribution >= 4 is 5.97 Å². The van der Waals surface area contributed by atoms with Gasteiger partial charge in [-0.2, -0.15) is 0 Å². The van der Waals surface area contributed by atoms with Crippen molar-refractivity contribution < 1.29 is 9.53 Å². The van der Waals surface area contributed by atoms with Crippen molar-refractivity contribution in [2.24, 2.45) is 5.92 Å². The van der Waals surface area contributed by atoms with E-state index in [1.54, 1.807) is 0 Å². The van der Waals surface area contributed by atoms with E-state index >= 15 is 0 Å². The first kappa shape index (κ1) is 29.1. The number of hydrogen-bond acceptors (Lipinski definition) is 2. The van der Waals surface area contributed by atoms with E-state index in [-0.39, 0.29) is 5.97 Å². The molecule has 0 N–H and O–H groups in total. The van der Waals surface area contributed by atoms with Gasteiger partial charge in [-0.25, -0.2) is 0 Å². The van der Waals surface area contributed by atoms with Crippen molar-refractivity contribution in [1.29, 1.82) is 0 Å². The van der Waals surface area contributed by atoms with Crippen LogP contribution >= 0.6 is 0 Å². The summed E-state index contributed by atoms with van der Waals surface area (Å²) in [4.78, 5) is 12.4. The van der Waals surface area contributed by atoms with Gasteiger partial charge in [0.1, 0.15) is 5.75 Å². The Bertz CT molecular complexity index is 1080. The molecule has 0 amide bonds. The minimum Gasteiger partial charge on any atom is -0.427 e. The molecular formula is C37H48O2. The highest BCUT2D eigenvalue weighted by atomic mass is 16.5. The fourth-order valence-corrected chi connectivity index (χ4v) is 6.08. The standard InChI is InChI=1S/C37H48O2/c1-2-3-4-5-6-8-13-30-20-24-34(25-21-30)35-26-28-36(29-27-35)39-37(38)17-12-11-14-31-18-22-33(23-19-31)32-15-9-7-10-16-32/h7,9-10,15-16,18-19,22-23,26-30,34H,2-6,8,11-14,17,20-21,24-25H2,1H3. The zero-order valence-electron chi connectivity index (χ0n) is 24.1. The highest BCUT2D eigenvalue weighted by molar-refractivity contribution is 5.72. The maximum Gasteiger partial charge on any atom is 0.311 e. The van der Waals surface area contributed by atoms with Gasteiger partial charge in [0, 0.05) is 6.42 Å². The Hall–Kier alpha value is -2.87. The van der Waals surface area contributed by atoms with Gasteiger partial charge in [-0.05, 0) is 91.2 Å². The number of aryl methyl sites for hydroxylation is 1. The average Bonchev–Trinajstić information content (AvgIpc) is 2.99. The molecule has 0 atom stereocenters. The highest BCUT2D eigenvalue weighted by Gasteiger charge is 2.22. The van der Waals surface area contributed by atoms with Crippen molar-refractivity contribution in [2.45, 2.75) is 109 Å². The Kier molecular flexibility index (Phi) is 12.2. The second-order valence-corrected chi connectivity index (χ2v) is 11.6. The Morgan fingerprint density at radius 3 is 2.08 bits per heavy atom. The number of ether oxygens (including phenoxy) is 1.